The van der Waals surface area contributed by atoms with Gasteiger partial charge in [-0.15, -0.1) is 0 Å². The summed E-state index contributed by atoms with van der Waals surface area (Å²) in [7, 11) is -3.95. The van der Waals surface area contributed by atoms with Crippen LogP contribution in [0.5, 0.6) is 0 Å². The van der Waals surface area contributed by atoms with Crippen LogP contribution in [0, 0.1) is 0 Å². The Hall–Kier alpha value is -1.29. The molecule has 1 rings (SSSR count). The minimum atomic E-state index is -5.27. The Morgan fingerprint density at radius 1 is 0.646 bits per heavy atom. The minimum Gasteiger partial charge on any atom is -0.480 e. The van der Waals surface area contributed by atoms with Gasteiger partial charge in [-0.1, -0.05) is 194 Å². The van der Waals surface area contributed by atoms with E-state index in [9.17, 15) is 29.0 Å². The second-order valence-electron chi connectivity index (χ2n) is 18.3. The summed E-state index contributed by atoms with van der Waals surface area (Å²) in [5.41, 5.74) is 0. The third kappa shape index (κ3) is 32.2. The van der Waals surface area contributed by atoms with Gasteiger partial charge in [0, 0.05) is 26.7 Å². The van der Waals surface area contributed by atoms with E-state index in [0.717, 1.165) is 77.0 Å². The number of nitrogens with one attached hydrogen (secondary N) is 1. The molecule has 1 aliphatic rings. The number of phosphoric acid groups is 1. The van der Waals surface area contributed by atoms with Crippen molar-refractivity contribution in [1.29, 1.82) is 0 Å². The molecule has 0 bridgehead atoms. The van der Waals surface area contributed by atoms with Gasteiger partial charge in [0.2, 0.25) is 0 Å². The second kappa shape index (κ2) is 39.5. The summed E-state index contributed by atoms with van der Waals surface area (Å²) in [6.45, 7) is 5.88. The molecule has 16 heteroatoms. The van der Waals surface area contributed by atoms with Gasteiger partial charge in [0.25, 0.3) is 5.91 Å². The summed E-state index contributed by atoms with van der Waals surface area (Å²) in [4.78, 5) is 45.0. The number of rotatable bonds is 46. The van der Waals surface area contributed by atoms with Crippen LogP contribution in [0.15, 0.2) is 0 Å². The lowest BCUT2D eigenvalue weighted by Gasteiger charge is -2.46. The number of amides is 1. The van der Waals surface area contributed by atoms with Gasteiger partial charge in [-0.3, -0.25) is 9.32 Å². The lowest BCUT2D eigenvalue weighted by Crippen LogP contribution is -2.67. The average Bonchev–Trinajstić information content (AvgIpc) is 3.25. The molecule has 1 fully saturated rings. The number of hydrogen-bond donors (Lipinski definition) is 4. The number of unbranched alkanes of at least 4 members (excludes halogenated alkanes) is 26. The highest BCUT2D eigenvalue weighted by molar-refractivity contribution is 7.46. The van der Waals surface area contributed by atoms with Crippen molar-refractivity contribution in [2.24, 2.45) is 0 Å². The zero-order valence-electron chi connectivity index (χ0n) is 41.1. The van der Waals surface area contributed by atoms with Gasteiger partial charge in [0.05, 0.1) is 12.7 Å². The van der Waals surface area contributed by atoms with Crippen molar-refractivity contribution in [3.63, 3.8) is 0 Å². The van der Waals surface area contributed by atoms with Crippen molar-refractivity contribution in [1.82, 2.24) is 5.32 Å². The summed E-state index contributed by atoms with van der Waals surface area (Å²) in [5.74, 6) is -6.88. The number of hydrogen-bond acceptors (Lipinski definition) is 9. The number of aliphatic carboxylic acids is 1. The Kier molecular flexibility index (Phi) is 37.6. The topological polar surface area (TPSA) is 179 Å². The molecular weight excluding hydrogens is 864 g/mol. The fraction of sp³-hybridized carbons (Fsp3) is 0.959. The van der Waals surface area contributed by atoms with Crippen LogP contribution in [0.1, 0.15) is 226 Å². The first-order valence-corrected chi connectivity index (χ1v) is 27.5. The molecule has 0 radical (unpaired) electrons. The van der Waals surface area contributed by atoms with E-state index in [4.69, 9.17) is 28.2 Å². The van der Waals surface area contributed by atoms with Crippen LogP contribution in [0.2, 0.25) is 0 Å². The highest BCUT2D eigenvalue weighted by Gasteiger charge is 2.53. The Morgan fingerprint density at radius 3 is 1.57 bits per heavy atom. The third-order valence-electron chi connectivity index (χ3n) is 12.3. The molecule has 0 aromatic carbocycles. The fourth-order valence-corrected chi connectivity index (χ4v) is 9.08. The first-order chi connectivity index (χ1) is 31.3. The smallest absolute Gasteiger partial charge is 0.470 e. The molecule has 0 aliphatic carbocycles. The van der Waals surface area contributed by atoms with Gasteiger partial charge in [0.1, 0.15) is 31.0 Å². The Morgan fingerprint density at radius 2 is 1.11 bits per heavy atom. The highest BCUT2D eigenvalue weighted by Crippen LogP contribution is 2.42. The van der Waals surface area contributed by atoms with E-state index in [1.165, 1.54) is 110 Å². The molecule has 6 atom stereocenters. The lowest BCUT2D eigenvalue weighted by atomic mass is 9.95. The van der Waals surface area contributed by atoms with Gasteiger partial charge in [-0.2, -0.15) is 8.78 Å². The molecule has 386 valence electrons. The van der Waals surface area contributed by atoms with Gasteiger partial charge >= 0.3 is 19.7 Å². The molecule has 65 heavy (non-hydrogen) atoms. The van der Waals surface area contributed by atoms with Crippen LogP contribution in [0.3, 0.4) is 0 Å². The van der Waals surface area contributed by atoms with E-state index >= 15 is 8.78 Å². The van der Waals surface area contributed by atoms with E-state index in [2.05, 4.69) is 26.1 Å². The van der Waals surface area contributed by atoms with E-state index in [1.54, 1.807) is 0 Å². The maximum Gasteiger partial charge on any atom is 0.470 e. The van der Waals surface area contributed by atoms with Crippen molar-refractivity contribution in [2.75, 3.05) is 33.5 Å². The zero-order chi connectivity index (χ0) is 48.0. The molecule has 13 nitrogen and oxygen atoms in total. The molecular formula is C49H94F2NO12P. The molecule has 1 amide bonds. The Labute approximate surface area is 392 Å². The Balaban J connectivity index is 3.14. The molecule has 1 saturated heterocycles. The summed E-state index contributed by atoms with van der Waals surface area (Å²) in [5, 5.41) is 11.7. The second-order valence-corrected chi connectivity index (χ2v) is 19.5. The highest BCUT2D eigenvalue weighted by atomic mass is 31.2. The van der Waals surface area contributed by atoms with Crippen LogP contribution in [0.4, 0.5) is 8.78 Å². The first-order valence-electron chi connectivity index (χ1n) is 25.9. The van der Waals surface area contributed by atoms with Crippen molar-refractivity contribution >= 4 is 19.7 Å². The predicted octanol–water partition coefficient (Wildman–Crippen LogP) is 12.4. The zero-order valence-corrected chi connectivity index (χ0v) is 42.0. The summed E-state index contributed by atoms with van der Waals surface area (Å²) in [6, 6.07) is -1.64. The van der Waals surface area contributed by atoms with E-state index < -0.39 is 69.3 Å². The first kappa shape index (κ1) is 61.7. The number of carboxylic acid groups (broad SMARTS) is 1. The number of ether oxygens (including phenoxy) is 5. The lowest BCUT2D eigenvalue weighted by molar-refractivity contribution is -0.276. The molecule has 1 heterocycles. The molecule has 0 unspecified atom stereocenters. The summed E-state index contributed by atoms with van der Waals surface area (Å²) >= 11 is 0. The van der Waals surface area contributed by atoms with Crippen LogP contribution in [-0.2, 0) is 42.4 Å². The van der Waals surface area contributed by atoms with Crippen LogP contribution >= 0.6 is 7.82 Å². The predicted molar refractivity (Wildman–Crippen MR) is 252 cm³/mol. The van der Waals surface area contributed by atoms with Gasteiger partial charge in [-0.05, 0) is 25.7 Å². The maximum absolute atomic E-state index is 15.5. The molecule has 1 aliphatic heterocycles. The number of phosphoric ester groups is 1. The number of alkyl halides is 2. The molecule has 0 spiro atoms. The van der Waals surface area contributed by atoms with Gasteiger partial charge < -0.3 is 43.9 Å². The Bertz CT molecular complexity index is 1200. The van der Waals surface area contributed by atoms with Crippen molar-refractivity contribution in [3.8, 4) is 0 Å². The van der Waals surface area contributed by atoms with E-state index in [1.807, 2.05) is 0 Å². The van der Waals surface area contributed by atoms with Gasteiger partial charge in [-0.25, -0.2) is 9.36 Å². The van der Waals surface area contributed by atoms with Crippen molar-refractivity contribution in [3.05, 3.63) is 0 Å². The number of carbonyl (C=O) groups is 2. The van der Waals surface area contributed by atoms with E-state index in [0.29, 0.717) is 19.4 Å². The quantitative estimate of drug-likeness (QED) is 0.0336. The SMILES string of the molecule is CCCCCCCCCCCCO[C@H](CCCCCCCCCCC)CCO[C@@H]1[C@@H](NC(=O)C(F)(F)CCCCCCCCCCCC)[C@@H](OCC(=O)O)O[C@H](COC)[C@H]1OP(=O)(O)O. The average molecular weight is 958 g/mol. The third-order valence-corrected chi connectivity index (χ3v) is 12.8. The van der Waals surface area contributed by atoms with Crippen LogP contribution in [0.25, 0.3) is 0 Å². The van der Waals surface area contributed by atoms with Crippen LogP contribution in [-0.4, -0.2) is 103 Å². The monoisotopic (exact) mass is 958 g/mol. The molecule has 0 saturated carbocycles. The van der Waals surface area contributed by atoms with Gasteiger partial charge in [0.15, 0.2) is 6.29 Å². The van der Waals surface area contributed by atoms with Crippen molar-refractivity contribution < 1.29 is 66.0 Å². The fourth-order valence-electron chi connectivity index (χ4n) is 8.51. The maximum atomic E-state index is 15.5. The number of carboxylic acids is 1. The molecule has 0 aromatic rings. The van der Waals surface area contributed by atoms with E-state index in [-0.39, 0.29) is 25.7 Å². The molecule has 0 aromatic heterocycles. The number of carbonyl (C=O) groups excluding carboxylic acids is 1. The number of methoxy groups -OCH3 is 1. The normalized spacial score (nSPS) is 19.7. The standard InChI is InChI=1S/C49H94F2NO12P/c1-5-8-11-14-17-20-23-26-29-32-36-49(50,51)48(55)52-44-46(45(64-65(56,57)58)42(39-59-4)63-47(44)62-40-43(53)54)61-38-35-41(34-31-28-25-22-19-16-13-10-7-3)60-37-33-30-27-24-21-18-15-12-9-6-2/h41-42,44-47H,5-40H2,1-4H3,(H,52,55)(H,53,54)(H2,56,57,58)/t41-,42-,44-,45-,46-,47+/m1/s1. The largest absolute Gasteiger partial charge is 0.480 e. The number of halogens is 2. The summed E-state index contributed by atoms with van der Waals surface area (Å²) in [6.07, 6.45) is 25.8. The molecule has 4 N–H and O–H groups in total. The summed E-state index contributed by atoms with van der Waals surface area (Å²) < 4.78 is 78.0. The van der Waals surface area contributed by atoms with Crippen LogP contribution < -0.4 is 5.32 Å². The van der Waals surface area contributed by atoms with Crippen molar-refractivity contribution in [2.45, 2.75) is 269 Å². The minimum absolute atomic E-state index is 0.0570.